The Kier molecular flexibility index (Phi) is 3.05. The Morgan fingerprint density at radius 2 is 1.15 bits per heavy atom. The molecule has 26 heavy (non-hydrogen) atoms. The molecule has 3 aromatic carbocycles. The van der Waals surface area contributed by atoms with Gasteiger partial charge in [-0.05, 0) is 64.5 Å². The van der Waals surface area contributed by atoms with Crippen LogP contribution in [0, 0.1) is 0 Å². The van der Waals surface area contributed by atoms with Crippen molar-refractivity contribution in [3.8, 4) is 11.1 Å². The fraction of sp³-hybridized carbons (Fsp3) is 0.120. The van der Waals surface area contributed by atoms with Crippen molar-refractivity contribution in [2.24, 2.45) is 5.73 Å². The van der Waals surface area contributed by atoms with E-state index in [4.69, 9.17) is 5.73 Å². The van der Waals surface area contributed by atoms with Crippen molar-refractivity contribution in [2.45, 2.75) is 19.3 Å². The smallest absolute Gasteiger partial charge is 0.0685 e. The van der Waals surface area contributed by atoms with Crippen LogP contribution in [-0.2, 0) is 5.41 Å². The number of hydrogen-bond donors (Lipinski definition) is 1. The summed E-state index contributed by atoms with van der Waals surface area (Å²) >= 11 is 0. The first-order chi connectivity index (χ1) is 12.7. The van der Waals surface area contributed by atoms with Crippen LogP contribution >= 0.6 is 0 Å². The first kappa shape index (κ1) is 15.2. The van der Waals surface area contributed by atoms with Gasteiger partial charge in [0.2, 0.25) is 0 Å². The van der Waals surface area contributed by atoms with E-state index in [1.807, 2.05) is 6.92 Å². The van der Waals surface area contributed by atoms with Crippen LogP contribution in [0.1, 0.15) is 36.1 Å². The highest BCUT2D eigenvalue weighted by molar-refractivity contribution is 5.96. The van der Waals surface area contributed by atoms with E-state index >= 15 is 0 Å². The molecule has 0 unspecified atom stereocenters. The van der Waals surface area contributed by atoms with Crippen LogP contribution in [0.5, 0.6) is 0 Å². The largest absolute Gasteiger partial charge is 0.402 e. The van der Waals surface area contributed by atoms with E-state index in [0.29, 0.717) is 0 Å². The Bertz CT molecular complexity index is 1060. The summed E-state index contributed by atoms with van der Waals surface area (Å²) < 4.78 is 0. The minimum Gasteiger partial charge on any atom is -0.402 e. The third-order valence-electron chi connectivity index (χ3n) is 5.91. The van der Waals surface area contributed by atoms with E-state index < -0.39 is 0 Å². The van der Waals surface area contributed by atoms with E-state index in [2.05, 4.69) is 85.8 Å². The molecule has 2 N–H and O–H groups in total. The zero-order chi connectivity index (χ0) is 17.9. The zero-order valence-corrected chi connectivity index (χ0v) is 15.1. The Morgan fingerprint density at radius 3 is 1.65 bits per heavy atom. The lowest BCUT2D eigenvalue weighted by atomic mass is 9.70. The number of fused-ring (bicyclic) bond motifs is 7. The van der Waals surface area contributed by atoms with Crippen LogP contribution in [0.3, 0.4) is 0 Å². The van der Waals surface area contributed by atoms with Crippen molar-refractivity contribution in [2.75, 3.05) is 0 Å². The molecule has 0 aromatic heterocycles. The first-order valence-electron chi connectivity index (χ1n) is 9.10. The first-order valence-corrected chi connectivity index (χ1v) is 9.10. The van der Waals surface area contributed by atoms with Crippen molar-refractivity contribution >= 4 is 5.57 Å². The number of rotatable bonds is 1. The molecule has 0 heterocycles. The summed E-state index contributed by atoms with van der Waals surface area (Å²) in [6.45, 7) is 4.23. The lowest BCUT2D eigenvalue weighted by Gasteiger charge is -2.31. The van der Waals surface area contributed by atoms with Gasteiger partial charge in [0, 0.05) is 5.70 Å². The van der Waals surface area contributed by atoms with Gasteiger partial charge in [0.25, 0.3) is 0 Å². The molecule has 3 aromatic rings. The molecule has 1 spiro atoms. The van der Waals surface area contributed by atoms with Crippen LogP contribution < -0.4 is 5.73 Å². The number of nitrogens with two attached hydrogens (primary N) is 1. The second-order valence-corrected chi connectivity index (χ2v) is 7.31. The summed E-state index contributed by atoms with van der Waals surface area (Å²) in [5, 5.41) is 0. The molecular formula is C25H21N. The summed E-state index contributed by atoms with van der Waals surface area (Å²) in [7, 11) is 0. The molecule has 2 aliphatic rings. The molecule has 1 heteroatoms. The number of allylic oxidation sites excluding steroid dienone is 4. The van der Waals surface area contributed by atoms with Gasteiger partial charge in [-0.1, -0.05) is 72.8 Å². The highest BCUT2D eigenvalue weighted by Crippen LogP contribution is 2.61. The van der Waals surface area contributed by atoms with Crippen molar-refractivity contribution in [1.82, 2.24) is 0 Å². The lowest BCUT2D eigenvalue weighted by molar-refractivity contribution is 0.766. The Balaban J connectivity index is 1.99. The minimum absolute atomic E-state index is 0.217. The van der Waals surface area contributed by atoms with Gasteiger partial charge < -0.3 is 5.73 Å². The van der Waals surface area contributed by atoms with Gasteiger partial charge in [-0.3, -0.25) is 0 Å². The van der Waals surface area contributed by atoms with Gasteiger partial charge in [0.15, 0.2) is 0 Å². The molecule has 0 radical (unpaired) electrons. The van der Waals surface area contributed by atoms with E-state index in [9.17, 15) is 0 Å². The average molecular weight is 335 g/mol. The van der Waals surface area contributed by atoms with Crippen LogP contribution in [-0.4, -0.2) is 0 Å². The quantitative estimate of drug-likeness (QED) is 0.611. The zero-order valence-electron chi connectivity index (χ0n) is 15.1. The van der Waals surface area contributed by atoms with Crippen molar-refractivity contribution in [3.05, 3.63) is 112 Å². The maximum Gasteiger partial charge on any atom is 0.0685 e. The van der Waals surface area contributed by atoms with Gasteiger partial charge in [-0.2, -0.15) is 0 Å². The molecule has 0 fully saturated rings. The summed E-state index contributed by atoms with van der Waals surface area (Å²) in [6.07, 6.45) is 2.13. The molecule has 0 atom stereocenters. The molecule has 0 saturated heterocycles. The van der Waals surface area contributed by atoms with Gasteiger partial charge in [-0.25, -0.2) is 0 Å². The molecule has 0 amide bonds. The molecule has 126 valence electrons. The summed E-state index contributed by atoms with van der Waals surface area (Å²) in [5.74, 6) is 0. The predicted octanol–water partition coefficient (Wildman–Crippen LogP) is 5.65. The van der Waals surface area contributed by atoms with Gasteiger partial charge >= 0.3 is 0 Å². The summed E-state index contributed by atoms with van der Waals surface area (Å²) in [4.78, 5) is 0. The molecule has 1 nitrogen and oxygen atoms in total. The summed E-state index contributed by atoms with van der Waals surface area (Å²) in [6, 6.07) is 26.5. The fourth-order valence-electron chi connectivity index (χ4n) is 4.99. The lowest BCUT2D eigenvalue weighted by Crippen LogP contribution is -2.26. The van der Waals surface area contributed by atoms with Crippen molar-refractivity contribution < 1.29 is 0 Å². The molecule has 5 rings (SSSR count). The van der Waals surface area contributed by atoms with E-state index in [1.165, 1.54) is 44.5 Å². The van der Waals surface area contributed by atoms with Crippen LogP contribution in [0.15, 0.2) is 90.1 Å². The number of benzene rings is 3. The van der Waals surface area contributed by atoms with E-state index in [-0.39, 0.29) is 5.41 Å². The molecule has 2 aliphatic carbocycles. The van der Waals surface area contributed by atoms with E-state index in [1.54, 1.807) is 0 Å². The monoisotopic (exact) mass is 335 g/mol. The Labute approximate surface area is 154 Å². The molecule has 0 bridgehead atoms. The Morgan fingerprint density at radius 1 is 0.731 bits per heavy atom. The predicted molar refractivity (Wildman–Crippen MR) is 109 cm³/mol. The van der Waals surface area contributed by atoms with Gasteiger partial charge in [0.1, 0.15) is 0 Å². The second kappa shape index (κ2) is 5.22. The average Bonchev–Trinajstić information content (AvgIpc) is 3.09. The highest BCUT2D eigenvalue weighted by Gasteiger charge is 2.50. The third-order valence-corrected chi connectivity index (χ3v) is 5.91. The van der Waals surface area contributed by atoms with Crippen LogP contribution in [0.25, 0.3) is 16.7 Å². The van der Waals surface area contributed by atoms with Crippen molar-refractivity contribution in [3.63, 3.8) is 0 Å². The van der Waals surface area contributed by atoms with E-state index in [0.717, 1.165) is 5.70 Å². The van der Waals surface area contributed by atoms with Crippen LogP contribution in [0.2, 0.25) is 0 Å². The third kappa shape index (κ3) is 1.70. The minimum atomic E-state index is -0.217. The Hall–Kier alpha value is -3.06. The standard InChI is InChI=1S/C25H21N/c1-16(26)15-21-17(2)25(24-14-8-5-11-20(21)24)22-12-6-3-9-18(22)19-10-4-7-13-23(19)25/h3-15H,26H2,1-2H3/b16-15+. The number of hydrogen-bond acceptors (Lipinski definition) is 1. The second-order valence-electron chi connectivity index (χ2n) is 7.31. The van der Waals surface area contributed by atoms with Crippen molar-refractivity contribution in [1.29, 1.82) is 0 Å². The summed E-state index contributed by atoms with van der Waals surface area (Å²) in [5.41, 5.74) is 17.4. The topological polar surface area (TPSA) is 26.0 Å². The molecular weight excluding hydrogens is 314 g/mol. The maximum atomic E-state index is 6.09. The fourth-order valence-corrected chi connectivity index (χ4v) is 4.99. The normalized spacial score (nSPS) is 16.6. The van der Waals surface area contributed by atoms with Gasteiger partial charge in [-0.15, -0.1) is 0 Å². The molecule has 0 saturated carbocycles. The SMILES string of the molecule is CC1=C(/C=C(\C)N)c2ccccc2C12c1ccccc1-c1ccccc12. The highest BCUT2D eigenvalue weighted by atomic mass is 14.6. The van der Waals surface area contributed by atoms with Gasteiger partial charge in [0.05, 0.1) is 5.41 Å². The molecule has 0 aliphatic heterocycles. The maximum absolute atomic E-state index is 6.09. The van der Waals surface area contributed by atoms with Crippen LogP contribution in [0.4, 0.5) is 0 Å².